The van der Waals surface area contributed by atoms with Gasteiger partial charge in [0.1, 0.15) is 0 Å². The third-order valence-corrected chi connectivity index (χ3v) is 2.58. The third kappa shape index (κ3) is 7.14. The van der Waals surface area contributed by atoms with E-state index in [0.29, 0.717) is 6.73 Å². The van der Waals surface area contributed by atoms with Crippen molar-refractivity contribution in [3.63, 3.8) is 0 Å². The Morgan fingerprint density at radius 3 is 1.82 bits per heavy atom. The molecule has 0 radical (unpaired) electrons. The van der Waals surface area contributed by atoms with Gasteiger partial charge in [-0.3, -0.25) is 0 Å². The van der Waals surface area contributed by atoms with Crippen molar-refractivity contribution in [3.05, 3.63) is 35.4 Å². The Morgan fingerprint density at radius 2 is 1.53 bits per heavy atom. The first kappa shape index (κ1) is 16.1. The van der Waals surface area contributed by atoms with Crippen LogP contribution in [0.1, 0.15) is 44.7 Å². The topological polar surface area (TPSA) is 35.2 Å². The first-order valence-corrected chi connectivity index (χ1v) is 6.73. The Hall–Kier alpha value is -0.860. The Labute approximate surface area is 106 Å². The summed E-state index contributed by atoms with van der Waals surface area (Å²) in [7, 11) is 0. The molecule has 0 aliphatic heterocycles. The highest BCUT2D eigenvalue weighted by molar-refractivity contribution is 5.28. The summed E-state index contributed by atoms with van der Waals surface area (Å²) in [5, 5.41) is 0. The molecule has 1 aliphatic rings. The van der Waals surface area contributed by atoms with Crippen molar-refractivity contribution in [3.8, 4) is 0 Å². The van der Waals surface area contributed by atoms with Crippen LogP contribution in [0.2, 0.25) is 0 Å². The minimum atomic E-state index is 0.344. The molecule has 0 unspecified atom stereocenters. The van der Waals surface area contributed by atoms with E-state index in [9.17, 15) is 0 Å². The Bertz CT molecular complexity index is 246. The van der Waals surface area contributed by atoms with Gasteiger partial charge in [0.25, 0.3) is 0 Å². The number of rotatable bonds is 2. The molecule has 1 aliphatic carbocycles. The second-order valence-electron chi connectivity index (χ2n) is 3.64. The molecule has 1 aromatic rings. The number of aryl methyl sites for hydroxylation is 2. The molecule has 98 valence electrons. The Kier molecular flexibility index (Phi) is 11.0. The summed E-state index contributed by atoms with van der Waals surface area (Å²) in [5.41, 5.74) is 8.07. The van der Waals surface area contributed by atoms with Crippen LogP contribution in [-0.4, -0.2) is 13.3 Å². The van der Waals surface area contributed by atoms with Crippen LogP contribution in [0.15, 0.2) is 24.3 Å². The maximum Gasteiger partial charge on any atom is 0.0940 e. The lowest BCUT2D eigenvalue weighted by molar-refractivity contribution is 0.155. The zero-order valence-electron chi connectivity index (χ0n) is 11.5. The molecule has 0 saturated heterocycles. The average Bonchev–Trinajstić information content (AvgIpc) is 2.43. The second-order valence-corrected chi connectivity index (χ2v) is 3.64. The van der Waals surface area contributed by atoms with Crippen LogP contribution in [-0.2, 0) is 17.6 Å². The maximum atomic E-state index is 4.92. The number of hydrogen-bond donors (Lipinski definition) is 1. The van der Waals surface area contributed by atoms with Crippen LogP contribution in [0.3, 0.4) is 0 Å². The summed E-state index contributed by atoms with van der Waals surface area (Å²) in [6.45, 7) is 6.97. The predicted molar refractivity (Wildman–Crippen MR) is 75.1 cm³/mol. The number of fused-ring (bicyclic) bond motifs is 1. The molecular formula is C15H27NO. The minimum Gasteiger partial charge on any atom is -0.367 e. The summed E-state index contributed by atoms with van der Waals surface area (Å²) < 4.78 is 4.61. The quantitative estimate of drug-likeness (QED) is 0.799. The van der Waals surface area contributed by atoms with Gasteiger partial charge in [-0.2, -0.15) is 0 Å². The lowest BCUT2D eigenvalue weighted by Crippen LogP contribution is -2.02. The normalized spacial score (nSPS) is 12.5. The van der Waals surface area contributed by atoms with Crippen molar-refractivity contribution in [2.24, 2.45) is 5.73 Å². The van der Waals surface area contributed by atoms with E-state index in [-0.39, 0.29) is 0 Å². The fourth-order valence-electron chi connectivity index (χ4n) is 1.79. The lowest BCUT2D eigenvalue weighted by Gasteiger charge is -2.13. The fourth-order valence-corrected chi connectivity index (χ4v) is 1.79. The summed E-state index contributed by atoms with van der Waals surface area (Å²) >= 11 is 0. The maximum absolute atomic E-state index is 4.92. The minimum absolute atomic E-state index is 0.344. The molecule has 0 bridgehead atoms. The molecule has 2 N–H and O–H groups in total. The van der Waals surface area contributed by atoms with Gasteiger partial charge in [-0.05, 0) is 43.7 Å². The average molecular weight is 237 g/mol. The lowest BCUT2D eigenvalue weighted by atomic mass is 9.92. The van der Waals surface area contributed by atoms with E-state index in [2.05, 4.69) is 29.0 Å². The number of nitrogens with two attached hydrogens (primary N) is 1. The molecule has 2 nitrogen and oxygen atoms in total. The van der Waals surface area contributed by atoms with E-state index in [1.54, 1.807) is 11.1 Å². The van der Waals surface area contributed by atoms with Crippen molar-refractivity contribution in [2.75, 3.05) is 13.3 Å². The van der Waals surface area contributed by atoms with E-state index in [4.69, 9.17) is 5.73 Å². The molecule has 0 heterocycles. The fraction of sp³-hybridized carbons (Fsp3) is 0.600. The highest BCUT2D eigenvalue weighted by Gasteiger charge is 2.05. The summed E-state index contributed by atoms with van der Waals surface area (Å²) in [6, 6.07) is 8.80. The largest absolute Gasteiger partial charge is 0.367 e. The van der Waals surface area contributed by atoms with Gasteiger partial charge in [0, 0.05) is 6.61 Å². The van der Waals surface area contributed by atoms with E-state index in [1.165, 1.54) is 25.7 Å². The van der Waals surface area contributed by atoms with Gasteiger partial charge in [-0.15, -0.1) is 0 Å². The molecule has 0 saturated carbocycles. The van der Waals surface area contributed by atoms with Gasteiger partial charge in [0.2, 0.25) is 0 Å². The first-order valence-electron chi connectivity index (χ1n) is 6.73. The van der Waals surface area contributed by atoms with Gasteiger partial charge in [0.05, 0.1) is 6.73 Å². The molecule has 0 spiro atoms. The molecule has 2 rings (SSSR count). The highest BCUT2D eigenvalue weighted by atomic mass is 16.5. The third-order valence-electron chi connectivity index (χ3n) is 2.58. The van der Waals surface area contributed by atoms with Gasteiger partial charge in [-0.25, -0.2) is 0 Å². The molecule has 0 atom stereocenters. The van der Waals surface area contributed by atoms with Crippen LogP contribution in [0, 0.1) is 0 Å². The van der Waals surface area contributed by atoms with Crippen LogP contribution in [0.5, 0.6) is 0 Å². The van der Waals surface area contributed by atoms with Crippen molar-refractivity contribution < 1.29 is 4.74 Å². The number of hydrogen-bond acceptors (Lipinski definition) is 2. The van der Waals surface area contributed by atoms with Gasteiger partial charge in [0.15, 0.2) is 0 Å². The molecule has 0 aromatic heterocycles. The van der Waals surface area contributed by atoms with Crippen molar-refractivity contribution in [1.82, 2.24) is 0 Å². The Balaban J connectivity index is 0.000000315. The first-order chi connectivity index (χ1) is 8.38. The predicted octanol–water partition coefficient (Wildman–Crippen LogP) is 3.53. The van der Waals surface area contributed by atoms with Crippen LogP contribution in [0.25, 0.3) is 0 Å². The SMILES string of the molecule is CC.CCOCN.c1ccc2c(c1)CCCC2. The zero-order valence-corrected chi connectivity index (χ0v) is 11.5. The standard InChI is InChI=1S/C10H12.C3H9NO.C2H6/c1-2-6-10-8-4-3-7-9(10)5-1;1-2-5-3-4;1-2/h1-2,5-6H,3-4,7-8H2;2-4H2,1H3;1-2H3. The molecule has 17 heavy (non-hydrogen) atoms. The monoisotopic (exact) mass is 237 g/mol. The second kappa shape index (κ2) is 11.6. The zero-order chi connectivity index (χ0) is 12.9. The van der Waals surface area contributed by atoms with Gasteiger partial charge < -0.3 is 10.5 Å². The number of benzene rings is 1. The molecule has 2 heteroatoms. The van der Waals surface area contributed by atoms with Crippen molar-refractivity contribution >= 4 is 0 Å². The van der Waals surface area contributed by atoms with Crippen LogP contribution >= 0.6 is 0 Å². The molecule has 1 aromatic carbocycles. The summed E-state index contributed by atoms with van der Waals surface area (Å²) in [4.78, 5) is 0. The van der Waals surface area contributed by atoms with Crippen molar-refractivity contribution in [1.29, 1.82) is 0 Å². The van der Waals surface area contributed by atoms with Crippen LogP contribution in [0.4, 0.5) is 0 Å². The molecule has 0 amide bonds. The Morgan fingerprint density at radius 1 is 1.06 bits per heavy atom. The molecule has 0 fully saturated rings. The highest BCUT2D eigenvalue weighted by Crippen LogP contribution is 2.19. The van der Waals surface area contributed by atoms with Crippen LogP contribution < -0.4 is 5.73 Å². The van der Waals surface area contributed by atoms with Gasteiger partial charge in [-0.1, -0.05) is 38.1 Å². The van der Waals surface area contributed by atoms with E-state index < -0.39 is 0 Å². The molecular weight excluding hydrogens is 210 g/mol. The van der Waals surface area contributed by atoms with E-state index in [0.717, 1.165) is 6.61 Å². The van der Waals surface area contributed by atoms with Crippen molar-refractivity contribution in [2.45, 2.75) is 46.5 Å². The summed E-state index contributed by atoms with van der Waals surface area (Å²) in [6.07, 6.45) is 5.38. The summed E-state index contributed by atoms with van der Waals surface area (Å²) in [5.74, 6) is 0. The number of ether oxygens (including phenoxy) is 1. The smallest absolute Gasteiger partial charge is 0.0940 e. The van der Waals surface area contributed by atoms with Gasteiger partial charge >= 0.3 is 0 Å². The van der Waals surface area contributed by atoms with E-state index >= 15 is 0 Å². The van der Waals surface area contributed by atoms with E-state index in [1.807, 2.05) is 20.8 Å².